The molecule has 0 radical (unpaired) electrons. The average Bonchev–Trinajstić information content (AvgIpc) is 2.29. The van der Waals surface area contributed by atoms with Crippen LogP contribution < -0.4 is 0 Å². The molecule has 0 unspecified atom stereocenters. The van der Waals surface area contributed by atoms with E-state index in [-0.39, 0.29) is 0 Å². The SMILES string of the molecule is N#CCCCc1ccc2ccccc2c1. The quantitative estimate of drug-likeness (QED) is 0.685. The third-order valence-corrected chi connectivity index (χ3v) is 2.57. The number of rotatable bonds is 3. The maximum absolute atomic E-state index is 8.47. The van der Waals surface area contributed by atoms with Crippen LogP contribution in [-0.2, 0) is 6.42 Å². The molecule has 0 bridgehead atoms. The fourth-order valence-corrected chi connectivity index (χ4v) is 1.77. The van der Waals surface area contributed by atoms with Gasteiger partial charge in [-0.25, -0.2) is 0 Å². The maximum Gasteiger partial charge on any atom is 0.0621 e. The van der Waals surface area contributed by atoms with E-state index < -0.39 is 0 Å². The van der Waals surface area contributed by atoms with Crippen LogP contribution in [0.5, 0.6) is 0 Å². The molecule has 0 saturated heterocycles. The molecular weight excluding hydrogens is 182 g/mol. The van der Waals surface area contributed by atoms with Gasteiger partial charge in [-0.05, 0) is 29.2 Å². The van der Waals surface area contributed by atoms with E-state index in [1.807, 2.05) is 0 Å². The van der Waals surface area contributed by atoms with Crippen LogP contribution in [0.25, 0.3) is 10.8 Å². The lowest BCUT2D eigenvalue weighted by molar-refractivity contribution is 0.851. The summed E-state index contributed by atoms with van der Waals surface area (Å²) in [5.74, 6) is 0. The largest absolute Gasteiger partial charge is 0.198 e. The molecule has 2 rings (SSSR count). The van der Waals surface area contributed by atoms with Crippen LogP contribution in [0, 0.1) is 11.3 Å². The van der Waals surface area contributed by atoms with E-state index in [0.717, 1.165) is 12.8 Å². The van der Waals surface area contributed by atoms with Crippen molar-refractivity contribution in [1.29, 1.82) is 5.26 Å². The highest BCUT2D eigenvalue weighted by Gasteiger charge is 1.95. The molecule has 0 atom stereocenters. The monoisotopic (exact) mass is 195 g/mol. The molecule has 15 heavy (non-hydrogen) atoms. The molecule has 2 aromatic rings. The topological polar surface area (TPSA) is 23.8 Å². The predicted octanol–water partition coefficient (Wildman–Crippen LogP) is 3.69. The van der Waals surface area contributed by atoms with Crippen molar-refractivity contribution in [2.75, 3.05) is 0 Å². The molecular formula is C14H13N. The van der Waals surface area contributed by atoms with Gasteiger partial charge in [-0.2, -0.15) is 5.26 Å². The maximum atomic E-state index is 8.47. The molecule has 1 nitrogen and oxygen atoms in total. The van der Waals surface area contributed by atoms with E-state index in [0.29, 0.717) is 6.42 Å². The Labute approximate surface area is 90.0 Å². The number of benzene rings is 2. The number of fused-ring (bicyclic) bond motifs is 1. The van der Waals surface area contributed by atoms with E-state index in [1.165, 1.54) is 16.3 Å². The second kappa shape index (κ2) is 4.61. The van der Waals surface area contributed by atoms with E-state index in [4.69, 9.17) is 5.26 Å². The fraction of sp³-hybridized carbons (Fsp3) is 0.214. The molecule has 0 aliphatic heterocycles. The van der Waals surface area contributed by atoms with Crippen molar-refractivity contribution in [3.63, 3.8) is 0 Å². The van der Waals surface area contributed by atoms with Crippen molar-refractivity contribution >= 4 is 10.8 Å². The summed E-state index contributed by atoms with van der Waals surface area (Å²) in [7, 11) is 0. The first-order valence-corrected chi connectivity index (χ1v) is 5.25. The molecule has 0 amide bonds. The standard InChI is InChI=1S/C14H13N/c15-10-4-3-5-12-8-9-13-6-1-2-7-14(13)11-12/h1-2,6-9,11H,3-5H2. The summed E-state index contributed by atoms with van der Waals surface area (Å²) in [5.41, 5.74) is 1.32. The highest BCUT2D eigenvalue weighted by molar-refractivity contribution is 5.82. The van der Waals surface area contributed by atoms with Gasteiger partial charge in [-0.1, -0.05) is 42.5 Å². The van der Waals surface area contributed by atoms with Crippen molar-refractivity contribution in [1.82, 2.24) is 0 Å². The van der Waals surface area contributed by atoms with Crippen molar-refractivity contribution in [2.45, 2.75) is 19.3 Å². The number of hydrogen-bond acceptors (Lipinski definition) is 1. The zero-order chi connectivity index (χ0) is 10.5. The first kappa shape index (κ1) is 9.73. The number of unbranched alkanes of at least 4 members (excludes halogenated alkanes) is 1. The van der Waals surface area contributed by atoms with E-state index in [2.05, 4.69) is 48.5 Å². The Balaban J connectivity index is 2.20. The first-order chi connectivity index (χ1) is 7.40. The number of aryl methyl sites for hydroxylation is 1. The Hall–Kier alpha value is -1.81. The average molecular weight is 195 g/mol. The van der Waals surface area contributed by atoms with Crippen LogP contribution in [0.15, 0.2) is 42.5 Å². The number of nitriles is 1. The second-order valence-electron chi connectivity index (χ2n) is 3.69. The minimum atomic E-state index is 0.646. The molecule has 2 aromatic carbocycles. The summed E-state index contributed by atoms with van der Waals surface area (Å²) in [4.78, 5) is 0. The third kappa shape index (κ3) is 2.35. The minimum Gasteiger partial charge on any atom is -0.198 e. The van der Waals surface area contributed by atoms with E-state index in [9.17, 15) is 0 Å². The highest BCUT2D eigenvalue weighted by atomic mass is 14.2. The zero-order valence-corrected chi connectivity index (χ0v) is 8.61. The van der Waals surface area contributed by atoms with Gasteiger partial charge < -0.3 is 0 Å². The Kier molecular flexibility index (Phi) is 2.99. The Bertz CT molecular complexity index is 494. The third-order valence-electron chi connectivity index (χ3n) is 2.57. The van der Waals surface area contributed by atoms with Gasteiger partial charge in [-0.15, -0.1) is 0 Å². The van der Waals surface area contributed by atoms with Crippen molar-refractivity contribution < 1.29 is 0 Å². The molecule has 0 aliphatic carbocycles. The van der Waals surface area contributed by atoms with Crippen molar-refractivity contribution in [2.24, 2.45) is 0 Å². The van der Waals surface area contributed by atoms with Gasteiger partial charge in [0.1, 0.15) is 0 Å². The Morgan fingerprint density at radius 1 is 1.00 bits per heavy atom. The minimum absolute atomic E-state index is 0.646. The molecule has 0 N–H and O–H groups in total. The Morgan fingerprint density at radius 2 is 1.80 bits per heavy atom. The molecule has 1 heteroatoms. The fourth-order valence-electron chi connectivity index (χ4n) is 1.77. The zero-order valence-electron chi connectivity index (χ0n) is 8.61. The van der Waals surface area contributed by atoms with E-state index in [1.54, 1.807) is 0 Å². The molecule has 74 valence electrons. The summed E-state index contributed by atoms with van der Waals surface area (Å²) >= 11 is 0. The van der Waals surface area contributed by atoms with Crippen molar-refractivity contribution in [3.8, 4) is 6.07 Å². The van der Waals surface area contributed by atoms with Crippen LogP contribution >= 0.6 is 0 Å². The van der Waals surface area contributed by atoms with Crippen molar-refractivity contribution in [3.05, 3.63) is 48.0 Å². The highest BCUT2D eigenvalue weighted by Crippen LogP contribution is 2.16. The molecule has 0 aromatic heterocycles. The van der Waals surface area contributed by atoms with Crippen LogP contribution in [0.3, 0.4) is 0 Å². The summed E-state index contributed by atoms with van der Waals surface area (Å²) in [6.07, 6.45) is 2.60. The smallest absolute Gasteiger partial charge is 0.0621 e. The van der Waals surface area contributed by atoms with Crippen LogP contribution in [0.4, 0.5) is 0 Å². The molecule has 0 saturated carbocycles. The van der Waals surface area contributed by atoms with Gasteiger partial charge in [0.15, 0.2) is 0 Å². The van der Waals surface area contributed by atoms with Gasteiger partial charge in [0, 0.05) is 6.42 Å². The number of nitrogens with zero attached hydrogens (tertiary/aromatic N) is 1. The molecule has 0 fully saturated rings. The van der Waals surface area contributed by atoms with Gasteiger partial charge in [0.25, 0.3) is 0 Å². The second-order valence-corrected chi connectivity index (χ2v) is 3.69. The summed E-state index contributed by atoms with van der Waals surface area (Å²) < 4.78 is 0. The lowest BCUT2D eigenvalue weighted by Gasteiger charge is -2.02. The Morgan fingerprint density at radius 3 is 2.60 bits per heavy atom. The number of hydrogen-bond donors (Lipinski definition) is 0. The molecule has 0 spiro atoms. The normalized spacial score (nSPS) is 10.1. The first-order valence-electron chi connectivity index (χ1n) is 5.25. The molecule has 0 aliphatic rings. The summed E-state index contributed by atoms with van der Waals surface area (Å²) in [6.45, 7) is 0. The lowest BCUT2D eigenvalue weighted by atomic mass is 10.0. The van der Waals surface area contributed by atoms with Gasteiger partial charge in [0.2, 0.25) is 0 Å². The van der Waals surface area contributed by atoms with Crippen LogP contribution in [0.2, 0.25) is 0 Å². The predicted molar refractivity (Wildman–Crippen MR) is 62.5 cm³/mol. The lowest BCUT2D eigenvalue weighted by Crippen LogP contribution is -1.84. The summed E-state index contributed by atoms with van der Waals surface area (Å²) in [6, 6.07) is 17.1. The van der Waals surface area contributed by atoms with Crippen LogP contribution in [0.1, 0.15) is 18.4 Å². The van der Waals surface area contributed by atoms with Crippen LogP contribution in [-0.4, -0.2) is 0 Å². The van der Waals surface area contributed by atoms with Gasteiger partial charge >= 0.3 is 0 Å². The van der Waals surface area contributed by atoms with Gasteiger partial charge in [-0.3, -0.25) is 0 Å². The van der Waals surface area contributed by atoms with E-state index >= 15 is 0 Å². The van der Waals surface area contributed by atoms with Gasteiger partial charge in [0.05, 0.1) is 6.07 Å². The molecule has 0 heterocycles. The summed E-state index contributed by atoms with van der Waals surface area (Å²) in [5, 5.41) is 11.0.